The average Bonchev–Trinajstić information content (AvgIpc) is 3.31. The van der Waals surface area contributed by atoms with E-state index < -0.39 is 0 Å². The summed E-state index contributed by atoms with van der Waals surface area (Å²) in [6.45, 7) is 2.77. The topological polar surface area (TPSA) is 74.7 Å². The Morgan fingerprint density at radius 2 is 2.28 bits per heavy atom. The van der Waals surface area contributed by atoms with Crippen LogP contribution in [0.2, 0.25) is 0 Å². The number of fused-ring (bicyclic) bond motifs is 2. The molecule has 6 nitrogen and oxygen atoms in total. The van der Waals surface area contributed by atoms with Crippen LogP contribution in [0.25, 0.3) is 0 Å². The number of ether oxygens (including phenoxy) is 1. The number of nitrogens with one attached hydrogen (secondary N) is 1. The first-order valence-corrected chi connectivity index (χ1v) is 10.2. The van der Waals surface area contributed by atoms with Crippen LogP contribution in [0.3, 0.4) is 0 Å². The van der Waals surface area contributed by atoms with Gasteiger partial charge in [-0.3, -0.25) is 4.79 Å². The van der Waals surface area contributed by atoms with E-state index in [1.807, 2.05) is 17.6 Å². The van der Waals surface area contributed by atoms with Gasteiger partial charge in [0.05, 0.1) is 18.1 Å². The molecule has 1 amide bonds. The van der Waals surface area contributed by atoms with Crippen molar-refractivity contribution in [3.8, 4) is 0 Å². The molecule has 0 aliphatic carbocycles. The van der Waals surface area contributed by atoms with Crippen LogP contribution in [-0.2, 0) is 16.8 Å². The molecule has 2 aromatic rings. The summed E-state index contributed by atoms with van der Waals surface area (Å²) < 4.78 is 6.27. The summed E-state index contributed by atoms with van der Waals surface area (Å²) in [5.41, 5.74) is 0.981. The van der Waals surface area contributed by atoms with Crippen LogP contribution in [0.15, 0.2) is 17.6 Å². The van der Waals surface area contributed by atoms with E-state index in [2.05, 4.69) is 15.2 Å². The monoisotopic (exact) mass is 379 g/mol. The number of thiazole rings is 1. The van der Waals surface area contributed by atoms with E-state index in [9.17, 15) is 4.79 Å². The molecule has 1 fully saturated rings. The van der Waals surface area contributed by atoms with E-state index in [-0.39, 0.29) is 24.7 Å². The number of hydrogen-bond acceptors (Lipinski definition) is 7. The number of aliphatic hydroxyl groups is 1. The van der Waals surface area contributed by atoms with E-state index in [1.165, 1.54) is 10.4 Å². The highest BCUT2D eigenvalue weighted by molar-refractivity contribution is 7.14. The fourth-order valence-corrected chi connectivity index (χ4v) is 5.62. The summed E-state index contributed by atoms with van der Waals surface area (Å²) in [6, 6.07) is 2.00. The molecule has 2 aliphatic rings. The van der Waals surface area contributed by atoms with Crippen molar-refractivity contribution in [3.63, 3.8) is 0 Å². The fraction of sp³-hybridized carbons (Fsp3) is 0.529. The lowest BCUT2D eigenvalue weighted by Gasteiger charge is -2.43. The largest absolute Gasteiger partial charge is 0.395 e. The highest BCUT2D eigenvalue weighted by Crippen LogP contribution is 2.46. The molecule has 8 heteroatoms. The number of anilines is 1. The zero-order valence-corrected chi connectivity index (χ0v) is 15.5. The van der Waals surface area contributed by atoms with Crippen LogP contribution in [0.5, 0.6) is 0 Å². The number of thiophene rings is 1. The van der Waals surface area contributed by atoms with Gasteiger partial charge in [0, 0.05) is 36.1 Å². The number of carbonyl (C=O) groups excluding carboxylic acids is 1. The first-order chi connectivity index (χ1) is 12.2. The SMILES string of the molecule is O=C(NCCO)c1cc2c(s1)C1(CCN(c3nccs3)CC1)OCC2. The maximum Gasteiger partial charge on any atom is 0.261 e. The second kappa shape index (κ2) is 7.03. The molecular formula is C17H21N3O3S2. The lowest BCUT2D eigenvalue weighted by molar-refractivity contribution is -0.0735. The first kappa shape index (κ1) is 17.0. The van der Waals surface area contributed by atoms with Gasteiger partial charge in [-0.15, -0.1) is 22.7 Å². The average molecular weight is 380 g/mol. The molecule has 25 heavy (non-hydrogen) atoms. The third-order valence-electron chi connectivity index (χ3n) is 4.85. The van der Waals surface area contributed by atoms with Gasteiger partial charge in [-0.05, 0) is 30.9 Å². The number of nitrogens with zero attached hydrogens (tertiary/aromatic N) is 2. The molecule has 4 rings (SSSR count). The van der Waals surface area contributed by atoms with Crippen molar-refractivity contribution in [2.45, 2.75) is 24.9 Å². The standard InChI is InChI=1S/C17H21N3O3S2/c21-8-4-18-15(22)13-11-12-1-9-23-17(14(12)25-13)2-6-20(7-3-17)16-19-5-10-24-16/h5,10-11,21H,1-4,6-9H2,(H,18,22). The number of carbonyl (C=O) groups is 1. The molecule has 0 saturated carbocycles. The molecule has 134 valence electrons. The molecule has 0 bridgehead atoms. The fourth-order valence-electron chi connectivity index (χ4n) is 3.59. The summed E-state index contributed by atoms with van der Waals surface area (Å²) in [5.74, 6) is -0.108. The lowest BCUT2D eigenvalue weighted by Crippen LogP contribution is -2.46. The summed E-state index contributed by atoms with van der Waals surface area (Å²) in [4.78, 5) is 20.9. The Labute approximate surface area is 154 Å². The minimum absolute atomic E-state index is 0.0452. The summed E-state index contributed by atoms with van der Waals surface area (Å²) in [5, 5.41) is 14.7. The van der Waals surface area contributed by atoms with Crippen LogP contribution in [-0.4, -0.2) is 48.8 Å². The van der Waals surface area contributed by atoms with E-state index in [0.717, 1.165) is 37.5 Å². The van der Waals surface area contributed by atoms with Crippen LogP contribution in [0.1, 0.15) is 33.0 Å². The normalized spacial score (nSPS) is 19.0. The zero-order chi connectivity index (χ0) is 17.3. The Morgan fingerprint density at radius 3 is 3.00 bits per heavy atom. The number of hydrogen-bond donors (Lipinski definition) is 2. The van der Waals surface area contributed by atoms with Gasteiger partial charge < -0.3 is 20.1 Å². The van der Waals surface area contributed by atoms with Gasteiger partial charge in [0.2, 0.25) is 0 Å². The maximum atomic E-state index is 12.2. The van der Waals surface area contributed by atoms with Crippen LogP contribution >= 0.6 is 22.7 Å². The van der Waals surface area contributed by atoms with E-state index in [4.69, 9.17) is 9.84 Å². The molecule has 1 spiro atoms. The number of amides is 1. The Morgan fingerprint density at radius 1 is 1.44 bits per heavy atom. The highest BCUT2D eigenvalue weighted by atomic mass is 32.1. The minimum atomic E-state index is -0.262. The third-order valence-corrected chi connectivity index (χ3v) is 7.05. The number of rotatable bonds is 4. The van der Waals surface area contributed by atoms with Crippen LogP contribution in [0, 0.1) is 0 Å². The van der Waals surface area contributed by atoms with Gasteiger partial charge in [0.15, 0.2) is 5.13 Å². The molecule has 0 aromatic carbocycles. The van der Waals surface area contributed by atoms with Gasteiger partial charge >= 0.3 is 0 Å². The highest BCUT2D eigenvalue weighted by Gasteiger charge is 2.43. The Balaban J connectivity index is 1.53. The predicted octanol–water partition coefficient (Wildman–Crippen LogP) is 2.00. The molecule has 2 aromatic heterocycles. The summed E-state index contributed by atoms with van der Waals surface area (Å²) in [6.07, 6.45) is 4.53. The lowest BCUT2D eigenvalue weighted by atomic mass is 9.85. The Hall–Kier alpha value is -1.48. The quantitative estimate of drug-likeness (QED) is 0.850. The van der Waals surface area contributed by atoms with Gasteiger partial charge in [-0.2, -0.15) is 0 Å². The minimum Gasteiger partial charge on any atom is -0.395 e. The van der Waals surface area contributed by atoms with Crippen molar-refractivity contribution < 1.29 is 14.6 Å². The number of aliphatic hydroxyl groups excluding tert-OH is 1. The second-order valence-corrected chi connectivity index (χ2v) is 8.26. The second-order valence-electron chi connectivity index (χ2n) is 6.34. The van der Waals surface area contributed by atoms with Crippen molar-refractivity contribution in [1.29, 1.82) is 0 Å². The molecular weight excluding hydrogens is 358 g/mol. The molecule has 4 heterocycles. The van der Waals surface area contributed by atoms with Gasteiger partial charge in [0.1, 0.15) is 5.60 Å². The van der Waals surface area contributed by atoms with E-state index in [0.29, 0.717) is 11.5 Å². The zero-order valence-electron chi connectivity index (χ0n) is 13.9. The summed E-state index contributed by atoms with van der Waals surface area (Å²) in [7, 11) is 0. The first-order valence-electron chi connectivity index (χ1n) is 8.52. The third kappa shape index (κ3) is 3.19. The number of aromatic nitrogens is 1. The van der Waals surface area contributed by atoms with Crippen molar-refractivity contribution in [1.82, 2.24) is 10.3 Å². The van der Waals surface area contributed by atoms with Crippen LogP contribution in [0.4, 0.5) is 5.13 Å². The molecule has 2 N–H and O–H groups in total. The van der Waals surface area contributed by atoms with Crippen molar-refractivity contribution >= 4 is 33.7 Å². The van der Waals surface area contributed by atoms with Gasteiger partial charge in [-0.1, -0.05) is 0 Å². The predicted molar refractivity (Wildman–Crippen MR) is 98.6 cm³/mol. The van der Waals surface area contributed by atoms with Crippen molar-refractivity contribution in [2.24, 2.45) is 0 Å². The molecule has 2 aliphatic heterocycles. The molecule has 0 radical (unpaired) electrons. The molecule has 0 unspecified atom stereocenters. The maximum absolute atomic E-state index is 12.2. The van der Waals surface area contributed by atoms with E-state index in [1.54, 1.807) is 22.7 Å². The number of piperidine rings is 1. The Bertz CT molecular complexity index is 736. The van der Waals surface area contributed by atoms with Gasteiger partial charge in [-0.25, -0.2) is 4.98 Å². The summed E-state index contributed by atoms with van der Waals surface area (Å²) >= 11 is 3.22. The Kier molecular flexibility index (Phi) is 4.77. The van der Waals surface area contributed by atoms with Crippen LogP contribution < -0.4 is 10.2 Å². The van der Waals surface area contributed by atoms with Gasteiger partial charge in [0.25, 0.3) is 5.91 Å². The van der Waals surface area contributed by atoms with Crippen molar-refractivity contribution in [3.05, 3.63) is 33.0 Å². The molecule has 0 atom stereocenters. The van der Waals surface area contributed by atoms with Crippen molar-refractivity contribution in [2.75, 3.05) is 37.7 Å². The van der Waals surface area contributed by atoms with E-state index >= 15 is 0 Å². The molecule has 1 saturated heterocycles. The smallest absolute Gasteiger partial charge is 0.261 e.